The Morgan fingerprint density at radius 3 is 2.63 bits per heavy atom. The highest BCUT2D eigenvalue weighted by molar-refractivity contribution is 7.22. The Hall–Kier alpha value is -2.40. The minimum Gasteiger partial charge on any atom is -0.507 e. The van der Waals surface area contributed by atoms with E-state index in [9.17, 15) is 9.90 Å². The van der Waals surface area contributed by atoms with Crippen molar-refractivity contribution in [3.63, 3.8) is 0 Å². The molecule has 19 heavy (non-hydrogen) atoms. The van der Waals surface area contributed by atoms with Crippen LogP contribution in [-0.2, 0) is 0 Å². The van der Waals surface area contributed by atoms with Crippen LogP contribution in [0.25, 0.3) is 10.2 Å². The molecule has 0 unspecified atom stereocenters. The number of para-hydroxylation sites is 2. The highest BCUT2D eigenvalue weighted by atomic mass is 32.1. The molecule has 0 aliphatic heterocycles. The Balaban J connectivity index is 1.89. The van der Waals surface area contributed by atoms with Crippen LogP contribution in [0.5, 0.6) is 5.75 Å². The largest absolute Gasteiger partial charge is 0.507 e. The fourth-order valence-corrected chi connectivity index (χ4v) is 2.62. The minimum absolute atomic E-state index is 0.0406. The Morgan fingerprint density at radius 1 is 1.11 bits per heavy atom. The Bertz CT molecular complexity index is 719. The number of hydrogen-bond donors (Lipinski definition) is 2. The first-order valence-electron chi connectivity index (χ1n) is 5.69. The van der Waals surface area contributed by atoms with Gasteiger partial charge in [-0.1, -0.05) is 35.6 Å². The van der Waals surface area contributed by atoms with Gasteiger partial charge in [-0.15, -0.1) is 0 Å². The molecule has 1 amide bonds. The first-order valence-corrected chi connectivity index (χ1v) is 6.50. The molecular formula is C14H10N2O2S. The second-order valence-electron chi connectivity index (χ2n) is 3.96. The second-order valence-corrected chi connectivity index (χ2v) is 4.99. The van der Waals surface area contributed by atoms with Crippen molar-refractivity contribution in [1.29, 1.82) is 0 Å². The third-order valence-electron chi connectivity index (χ3n) is 2.66. The number of carbonyl (C=O) groups excluding carboxylic acids is 1. The number of carbonyl (C=O) groups is 1. The number of rotatable bonds is 2. The zero-order chi connectivity index (χ0) is 13.2. The Labute approximate surface area is 113 Å². The van der Waals surface area contributed by atoms with Gasteiger partial charge in [0.1, 0.15) is 5.75 Å². The number of phenolic OH excluding ortho intramolecular Hbond substituents is 1. The van der Waals surface area contributed by atoms with Crippen LogP contribution >= 0.6 is 11.3 Å². The van der Waals surface area contributed by atoms with E-state index < -0.39 is 0 Å². The lowest BCUT2D eigenvalue weighted by atomic mass is 10.2. The molecule has 4 nitrogen and oxygen atoms in total. The van der Waals surface area contributed by atoms with Crippen molar-refractivity contribution in [3.8, 4) is 5.75 Å². The van der Waals surface area contributed by atoms with Gasteiger partial charge in [0.15, 0.2) is 5.13 Å². The molecule has 5 heteroatoms. The number of phenols is 1. The summed E-state index contributed by atoms with van der Waals surface area (Å²) in [6.45, 7) is 0. The standard InChI is InChI=1S/C14H10N2O2S/c17-11-7-3-1-5-9(11)13(18)16-14-15-10-6-2-4-8-12(10)19-14/h1-8,17H,(H,15,16,18). The molecule has 0 atom stereocenters. The summed E-state index contributed by atoms with van der Waals surface area (Å²) in [4.78, 5) is 16.3. The second kappa shape index (κ2) is 4.70. The van der Waals surface area contributed by atoms with Gasteiger partial charge in [-0.3, -0.25) is 10.1 Å². The van der Waals surface area contributed by atoms with E-state index in [0.717, 1.165) is 10.2 Å². The van der Waals surface area contributed by atoms with Gasteiger partial charge in [-0.25, -0.2) is 4.98 Å². The van der Waals surface area contributed by atoms with Crippen LogP contribution < -0.4 is 5.32 Å². The fourth-order valence-electron chi connectivity index (χ4n) is 1.76. The predicted octanol–water partition coefficient (Wildman–Crippen LogP) is 3.25. The molecule has 0 bridgehead atoms. The van der Waals surface area contributed by atoms with E-state index in [1.807, 2.05) is 24.3 Å². The van der Waals surface area contributed by atoms with Crippen molar-refractivity contribution in [1.82, 2.24) is 4.98 Å². The van der Waals surface area contributed by atoms with E-state index >= 15 is 0 Å². The van der Waals surface area contributed by atoms with Gasteiger partial charge in [0, 0.05) is 0 Å². The van der Waals surface area contributed by atoms with Gasteiger partial charge in [0.2, 0.25) is 0 Å². The molecule has 2 N–H and O–H groups in total. The maximum Gasteiger partial charge on any atom is 0.261 e. The van der Waals surface area contributed by atoms with Gasteiger partial charge in [-0.2, -0.15) is 0 Å². The van der Waals surface area contributed by atoms with Crippen molar-refractivity contribution in [3.05, 3.63) is 54.1 Å². The van der Waals surface area contributed by atoms with Crippen LogP contribution in [0.3, 0.4) is 0 Å². The summed E-state index contributed by atoms with van der Waals surface area (Å²) in [6.07, 6.45) is 0. The summed E-state index contributed by atoms with van der Waals surface area (Å²) < 4.78 is 1.01. The molecule has 3 rings (SSSR count). The fraction of sp³-hybridized carbons (Fsp3) is 0. The number of anilines is 1. The number of amides is 1. The summed E-state index contributed by atoms with van der Waals surface area (Å²) >= 11 is 1.40. The van der Waals surface area contributed by atoms with E-state index in [1.165, 1.54) is 17.4 Å². The highest BCUT2D eigenvalue weighted by Gasteiger charge is 2.12. The van der Waals surface area contributed by atoms with Crippen molar-refractivity contribution in [2.24, 2.45) is 0 Å². The number of benzene rings is 2. The molecular weight excluding hydrogens is 260 g/mol. The van der Waals surface area contributed by atoms with Gasteiger partial charge in [0.25, 0.3) is 5.91 Å². The van der Waals surface area contributed by atoms with Gasteiger partial charge in [0.05, 0.1) is 15.8 Å². The summed E-state index contributed by atoms with van der Waals surface area (Å²) in [7, 11) is 0. The zero-order valence-corrected chi connectivity index (χ0v) is 10.6. The number of nitrogens with zero attached hydrogens (tertiary/aromatic N) is 1. The molecule has 0 saturated carbocycles. The van der Waals surface area contributed by atoms with Crippen molar-refractivity contribution in [2.45, 2.75) is 0 Å². The molecule has 3 aromatic rings. The Morgan fingerprint density at radius 2 is 1.84 bits per heavy atom. The summed E-state index contributed by atoms with van der Waals surface area (Å²) in [5.74, 6) is -0.404. The number of aromatic hydroxyl groups is 1. The third-order valence-corrected chi connectivity index (χ3v) is 3.61. The molecule has 0 fully saturated rings. The van der Waals surface area contributed by atoms with E-state index in [1.54, 1.807) is 18.2 Å². The Kier molecular flexibility index (Phi) is 2.89. The van der Waals surface area contributed by atoms with Crippen molar-refractivity contribution < 1.29 is 9.90 Å². The van der Waals surface area contributed by atoms with E-state index in [-0.39, 0.29) is 17.2 Å². The lowest BCUT2D eigenvalue weighted by Crippen LogP contribution is -2.11. The summed E-state index contributed by atoms with van der Waals surface area (Å²) in [6, 6.07) is 14.1. The number of nitrogens with one attached hydrogen (secondary N) is 1. The average Bonchev–Trinajstić information content (AvgIpc) is 2.81. The van der Waals surface area contributed by atoms with Crippen LogP contribution in [0.4, 0.5) is 5.13 Å². The highest BCUT2D eigenvalue weighted by Crippen LogP contribution is 2.26. The molecule has 0 saturated heterocycles. The van der Waals surface area contributed by atoms with Crippen molar-refractivity contribution in [2.75, 3.05) is 5.32 Å². The normalized spacial score (nSPS) is 10.5. The number of fused-ring (bicyclic) bond motifs is 1. The SMILES string of the molecule is O=C(Nc1nc2ccccc2s1)c1ccccc1O. The molecule has 94 valence electrons. The minimum atomic E-state index is -0.364. The lowest BCUT2D eigenvalue weighted by Gasteiger charge is -2.03. The van der Waals surface area contributed by atoms with Crippen LogP contribution in [0.15, 0.2) is 48.5 Å². The quantitative estimate of drug-likeness (QED) is 0.751. The molecule has 0 spiro atoms. The topological polar surface area (TPSA) is 62.2 Å². The molecule has 1 heterocycles. The molecule has 1 aromatic heterocycles. The predicted molar refractivity (Wildman–Crippen MR) is 75.7 cm³/mol. The molecule has 2 aromatic carbocycles. The number of aromatic nitrogens is 1. The van der Waals surface area contributed by atoms with E-state index in [2.05, 4.69) is 10.3 Å². The van der Waals surface area contributed by atoms with Crippen LogP contribution in [0.1, 0.15) is 10.4 Å². The average molecular weight is 270 g/mol. The summed E-state index contributed by atoms with van der Waals surface area (Å²) in [5, 5.41) is 12.8. The van der Waals surface area contributed by atoms with E-state index in [4.69, 9.17) is 0 Å². The lowest BCUT2D eigenvalue weighted by molar-refractivity contribution is 0.102. The van der Waals surface area contributed by atoms with Crippen LogP contribution in [0, 0.1) is 0 Å². The monoisotopic (exact) mass is 270 g/mol. The third kappa shape index (κ3) is 2.28. The van der Waals surface area contributed by atoms with E-state index in [0.29, 0.717) is 5.13 Å². The number of thiazole rings is 1. The van der Waals surface area contributed by atoms with Crippen LogP contribution in [0.2, 0.25) is 0 Å². The van der Waals surface area contributed by atoms with Gasteiger partial charge in [-0.05, 0) is 24.3 Å². The maximum atomic E-state index is 12.0. The van der Waals surface area contributed by atoms with Gasteiger partial charge < -0.3 is 5.11 Å². The van der Waals surface area contributed by atoms with Crippen LogP contribution in [-0.4, -0.2) is 16.0 Å². The number of hydrogen-bond acceptors (Lipinski definition) is 4. The first kappa shape index (κ1) is 11.7. The smallest absolute Gasteiger partial charge is 0.261 e. The van der Waals surface area contributed by atoms with Gasteiger partial charge >= 0.3 is 0 Å². The molecule has 0 aliphatic carbocycles. The summed E-state index contributed by atoms with van der Waals surface area (Å²) in [5.41, 5.74) is 1.09. The molecule has 0 radical (unpaired) electrons. The molecule has 0 aliphatic rings. The van der Waals surface area contributed by atoms with Crippen molar-refractivity contribution >= 4 is 32.6 Å². The first-order chi connectivity index (χ1) is 9.24. The zero-order valence-electron chi connectivity index (χ0n) is 9.83. The maximum absolute atomic E-state index is 12.0.